The van der Waals surface area contributed by atoms with Gasteiger partial charge in [0.25, 0.3) is 0 Å². The van der Waals surface area contributed by atoms with Crippen LogP contribution >= 0.6 is 0 Å². The van der Waals surface area contributed by atoms with Crippen LogP contribution in [0.25, 0.3) is 11.1 Å². The van der Waals surface area contributed by atoms with Crippen molar-refractivity contribution in [1.82, 2.24) is 0 Å². The number of rotatable bonds is 39. The molecule has 11 aromatic rings. The van der Waals surface area contributed by atoms with Crippen molar-refractivity contribution in [2.45, 2.75) is 220 Å². The highest BCUT2D eigenvalue weighted by molar-refractivity contribution is 6.74. The van der Waals surface area contributed by atoms with Gasteiger partial charge in [0.15, 0.2) is 64.2 Å². The molecule has 0 aromatic heterocycles. The first kappa shape index (κ1) is 102. The summed E-state index contributed by atoms with van der Waals surface area (Å²) in [5.41, 5.74) is 7.13. The van der Waals surface area contributed by atoms with E-state index in [0.29, 0.717) is 27.8 Å². The number of fused-ring (bicyclic) bond motifs is 4. The molecule has 5 saturated heterocycles. The smallest absolute Gasteiger partial charge is 0.463 e. The van der Waals surface area contributed by atoms with E-state index in [1.165, 1.54) is 31.2 Å². The van der Waals surface area contributed by atoms with Crippen LogP contribution in [0.4, 0.5) is 4.79 Å². The van der Waals surface area contributed by atoms with Crippen LogP contribution in [0.3, 0.4) is 0 Å². The molecule has 21 atom stereocenters. The first-order chi connectivity index (χ1) is 69.5. The van der Waals surface area contributed by atoms with Gasteiger partial charge in [-0.2, -0.15) is 0 Å². The first-order valence-corrected chi connectivity index (χ1v) is 50.9. The Kier molecular flexibility index (Phi) is 34.3. The van der Waals surface area contributed by atoms with E-state index in [1.54, 1.807) is 176 Å². The van der Waals surface area contributed by atoms with Gasteiger partial charge in [0.1, 0.15) is 98.9 Å². The normalized spacial score (nSPS) is 25.7. The molecule has 1 N–H and O–H groups in total. The first-order valence-electron chi connectivity index (χ1n) is 48.0. The highest BCUT2D eigenvalue weighted by atomic mass is 28.4. The van der Waals surface area contributed by atoms with Gasteiger partial charge in [-0.1, -0.05) is 294 Å². The maximum atomic E-state index is 16.1. The Labute approximate surface area is 830 Å². The fraction of sp³-hybridized carbons (Fsp3) is 0.354. The highest BCUT2D eigenvalue weighted by Crippen LogP contribution is 2.48. The van der Waals surface area contributed by atoms with Crippen molar-refractivity contribution in [3.05, 3.63) is 383 Å². The van der Waals surface area contributed by atoms with Gasteiger partial charge in [-0.3, -0.25) is 4.79 Å². The van der Waals surface area contributed by atoms with Crippen LogP contribution in [0, 0.1) is 0 Å². The number of benzene rings is 11. The highest BCUT2D eigenvalue weighted by Gasteiger charge is 2.63. The molecule has 1 aliphatic carbocycles. The van der Waals surface area contributed by atoms with E-state index in [-0.39, 0.29) is 74.1 Å². The van der Waals surface area contributed by atoms with E-state index in [1.807, 2.05) is 155 Å². The maximum absolute atomic E-state index is 16.1. The van der Waals surface area contributed by atoms with Gasteiger partial charge in [0.05, 0.1) is 68.3 Å². The Balaban J connectivity index is 0.843. The molecule has 6 aliphatic rings. The molecule has 0 saturated carbocycles. The van der Waals surface area contributed by atoms with E-state index < -0.39 is 211 Å². The van der Waals surface area contributed by atoms with Crippen molar-refractivity contribution in [2.75, 3.05) is 33.0 Å². The molecule has 29 nitrogen and oxygen atoms in total. The number of aliphatic hydroxyl groups is 1. The molecule has 5 aliphatic heterocycles. The number of esters is 5. The zero-order valence-electron chi connectivity index (χ0n) is 80.0. The Morgan fingerprint density at radius 3 is 1.10 bits per heavy atom. The summed E-state index contributed by atoms with van der Waals surface area (Å²) in [5.74, 6) is -5.40. The molecule has 0 radical (unpaired) electrons. The minimum Gasteiger partial charge on any atom is -0.463 e. The van der Waals surface area contributed by atoms with Crippen molar-refractivity contribution in [3.8, 4) is 11.1 Å². The largest absolute Gasteiger partial charge is 0.508 e. The summed E-state index contributed by atoms with van der Waals surface area (Å²) < 4.78 is 148. The number of carbonyl (C=O) groups is 7. The van der Waals surface area contributed by atoms with Crippen molar-refractivity contribution in [3.63, 3.8) is 0 Å². The predicted molar refractivity (Wildman–Crippen MR) is 519 cm³/mol. The average molecular weight is 1970 g/mol. The van der Waals surface area contributed by atoms with E-state index in [9.17, 15) is 19.5 Å². The molecule has 5 fully saturated rings. The molecule has 0 spiro atoms. The van der Waals surface area contributed by atoms with E-state index in [0.717, 1.165) is 22.3 Å². The van der Waals surface area contributed by atoms with Gasteiger partial charge in [-0.25, -0.2) is 24.0 Å². The predicted octanol–water partition coefficient (Wildman–Crippen LogP) is 17.3. The summed E-state index contributed by atoms with van der Waals surface area (Å²) in [4.78, 5) is 105. The van der Waals surface area contributed by atoms with Crippen LogP contribution in [-0.4, -0.2) is 211 Å². The third-order valence-electron chi connectivity index (χ3n) is 26.3. The molecule has 5 heterocycles. The summed E-state index contributed by atoms with van der Waals surface area (Å²) in [5, 5.41) is 11.8. The van der Waals surface area contributed by atoms with Crippen LogP contribution < -0.4 is 0 Å². The van der Waals surface area contributed by atoms with Crippen molar-refractivity contribution in [1.29, 1.82) is 0 Å². The topological polar surface area (TPSA) is 334 Å². The summed E-state index contributed by atoms with van der Waals surface area (Å²) >= 11 is 0. The molecular formula is C113H116O29Si. The second-order valence-electron chi connectivity index (χ2n) is 37.2. The van der Waals surface area contributed by atoms with Gasteiger partial charge < -0.3 is 109 Å². The number of Topliss-reactive ketones (excluding diaryl/α,β-unsaturated/α-hetero) is 1. The molecule has 746 valence electrons. The van der Waals surface area contributed by atoms with Crippen molar-refractivity contribution in [2.24, 2.45) is 0 Å². The standard InChI is InChI=1S/C113H116O29Si/c1-71(115)60-61-90(116)122-68-87-92(124-64-73-40-18-8-19-41-73)96(140-111-102(137-106(120)79-52-30-14-31-53-79)98(142-143(5,6)113(2,3)4)93(125-65-74-42-20-9-21-43-74)88(133-111)70-129-112(121)128-67-85-83-58-36-34-56-81(83)82-57-35-37-59-84(82)85)101(136-105(119)78-50-28-13-29-51-78)110(132-87)139-95-91(123-63-72-38-16-7-17-39-72)86(62-114)130-109(100(95)135-104(118)77-48-26-12-27-49-77)141-97-94-89(69-127-107(138-94)80-54-32-15-33-55-80)131-108(126-66-75-44-22-10-23-45-75)99(97)134-103(117)76-46-24-11-25-47-76/h7-59,85-89,91-102,107-111,114H,60-70H2,1-6H3/t86-,87-,88-,89-,91-,92-,93-,94-,95+,96+,97+,98+,99-,100-,101-,102-,107-,108-,109+,110+,111+/m1/s1. The number of ether oxygens (including phenoxy) is 20. The molecule has 0 bridgehead atoms. The maximum Gasteiger partial charge on any atom is 0.508 e. The van der Waals surface area contributed by atoms with Crippen LogP contribution in [0.1, 0.15) is 133 Å². The van der Waals surface area contributed by atoms with E-state index in [2.05, 4.69) is 0 Å². The quantitative estimate of drug-likeness (QED) is 0.0212. The minimum atomic E-state index is -3.30. The van der Waals surface area contributed by atoms with E-state index >= 15 is 19.2 Å². The number of carbonyl (C=O) groups excluding carboxylic acids is 7. The second-order valence-corrected chi connectivity index (χ2v) is 41.9. The van der Waals surface area contributed by atoms with Gasteiger partial charge in [-0.05, 0) is 118 Å². The summed E-state index contributed by atoms with van der Waals surface area (Å²) in [6, 6.07) is 93.3. The SMILES string of the molecule is CC(=O)CCC(=O)OC[C@H]1O[C@@H](O[C@@H]2[C@@H](OC(=O)c3ccccc3)[C@H](O[C@@H]3[C@@H](OC(=O)c4ccccc4)[C@H](OCc4ccccc4)O[C@@H]4CO[C@@H](c5ccccc5)O[C@@H]34)O[C@H](CO)[C@H]2OCc2ccccc2)[C@H](OC(=O)c2ccccc2)[C@@H](O[C@@H]2O[C@H](COC(=O)OCC3c4ccccc4-c4ccccc43)[C@@H](OCc3ccccc3)[C@H](O[Si](C)(C)C(C)(C)C)[C@H]2OC(=O)c2ccccc2)[C@@H]1OCc1ccccc1. The third kappa shape index (κ3) is 25.6. The number of hydrogen-bond donors (Lipinski definition) is 1. The second kappa shape index (κ2) is 48.1. The molecule has 11 aromatic carbocycles. The Bertz CT molecular complexity index is 5930. The lowest BCUT2D eigenvalue weighted by Gasteiger charge is -2.53. The van der Waals surface area contributed by atoms with Gasteiger partial charge in [0.2, 0.25) is 0 Å². The average Bonchev–Trinajstić information content (AvgIpc) is 1.69. The van der Waals surface area contributed by atoms with Crippen LogP contribution in [0.2, 0.25) is 18.1 Å². The number of ketones is 1. The molecule has 0 unspecified atom stereocenters. The van der Waals surface area contributed by atoms with Crippen LogP contribution in [-0.2, 0) is 135 Å². The van der Waals surface area contributed by atoms with Gasteiger partial charge in [0, 0.05) is 17.9 Å². The third-order valence-corrected chi connectivity index (χ3v) is 30.8. The molecule has 17 rings (SSSR count). The molecule has 0 amide bonds. The number of hydrogen-bond acceptors (Lipinski definition) is 29. The summed E-state index contributed by atoms with van der Waals surface area (Å²) in [6.07, 6.45) is -37.3. The Hall–Kier alpha value is -12.7. The van der Waals surface area contributed by atoms with Crippen molar-refractivity contribution >= 4 is 50.1 Å². The lowest BCUT2D eigenvalue weighted by atomic mass is 9.94. The lowest BCUT2D eigenvalue weighted by molar-refractivity contribution is -0.405. The van der Waals surface area contributed by atoms with Crippen LogP contribution in [0.5, 0.6) is 0 Å². The molecule has 30 heteroatoms. The Morgan fingerprint density at radius 1 is 0.350 bits per heavy atom. The minimum absolute atomic E-state index is 0.00712. The molecule has 143 heavy (non-hydrogen) atoms. The van der Waals surface area contributed by atoms with Gasteiger partial charge >= 0.3 is 36.0 Å². The summed E-state index contributed by atoms with van der Waals surface area (Å²) in [7, 11) is -3.30. The molecular weight excluding hydrogens is 1850 g/mol. The van der Waals surface area contributed by atoms with E-state index in [4.69, 9.17) is 99.2 Å². The fourth-order valence-electron chi connectivity index (χ4n) is 17.9. The zero-order chi connectivity index (χ0) is 99.4. The monoisotopic (exact) mass is 1960 g/mol. The lowest BCUT2D eigenvalue weighted by Crippen LogP contribution is -2.70. The Morgan fingerprint density at radius 2 is 0.692 bits per heavy atom. The zero-order valence-corrected chi connectivity index (χ0v) is 81.0. The van der Waals surface area contributed by atoms with Gasteiger partial charge in [-0.15, -0.1) is 0 Å². The van der Waals surface area contributed by atoms with Crippen molar-refractivity contribution < 1.29 is 138 Å². The number of aliphatic hydroxyl groups excluding tert-OH is 1. The summed E-state index contributed by atoms with van der Waals surface area (Å²) in [6.45, 7) is 7.89. The fourth-order valence-corrected chi connectivity index (χ4v) is 19.3. The van der Waals surface area contributed by atoms with Crippen LogP contribution in [0.15, 0.2) is 322 Å².